The molecule has 2 N–H and O–H groups in total. The van der Waals surface area contributed by atoms with Gasteiger partial charge in [-0.1, -0.05) is 246 Å². The Bertz CT molecular complexity index is 2480. The van der Waals surface area contributed by atoms with Gasteiger partial charge >= 0.3 is 11.9 Å². The molecule has 0 amide bonds. The van der Waals surface area contributed by atoms with Crippen LogP contribution in [0.3, 0.4) is 0 Å². The van der Waals surface area contributed by atoms with Crippen LogP contribution in [0.25, 0.3) is 0 Å². The Hall–Kier alpha value is -5.03. The normalized spacial score (nSPS) is 18.0. The molecule has 6 aromatic carbocycles. The van der Waals surface area contributed by atoms with Gasteiger partial charge in [0.05, 0.1) is 0 Å². The number of fused-ring (bicyclic) bond motifs is 2. The summed E-state index contributed by atoms with van der Waals surface area (Å²) in [4.78, 5) is 24.8. The minimum absolute atomic E-state index is 0. The quantitative estimate of drug-likeness (QED) is 0.0905. The van der Waals surface area contributed by atoms with Gasteiger partial charge in [-0.05, 0) is 83.7 Å². The number of rotatable bonds is 8. The molecule has 392 valence electrons. The van der Waals surface area contributed by atoms with Gasteiger partial charge < -0.3 is 35.0 Å². The average molecular weight is 1120 g/mol. The summed E-state index contributed by atoms with van der Waals surface area (Å²) < 4.78 is 0. The number of hydrogen-bond acceptors (Lipinski definition) is 2. The monoisotopic (exact) mass is 1120 g/mol. The average Bonchev–Trinajstić information content (AvgIpc) is 3.90. The van der Waals surface area contributed by atoms with Crippen LogP contribution in [0.5, 0.6) is 0 Å². The van der Waals surface area contributed by atoms with Gasteiger partial charge in [0.25, 0.3) is 0 Å². The number of allylic oxidation sites excluding steroid dienone is 8. The smallest absolute Gasteiger partial charge is 0.323 e. The van der Waals surface area contributed by atoms with E-state index >= 15 is 0 Å². The van der Waals surface area contributed by atoms with Gasteiger partial charge in [-0.15, -0.1) is 24.0 Å². The Kier molecular flexibility index (Phi) is 23.7. The zero-order chi connectivity index (χ0) is 49.9. The van der Waals surface area contributed by atoms with Crippen LogP contribution in [0, 0.1) is 24.7 Å². The molecule has 6 aromatic rings. The number of carbonyl (C=O) groups is 2. The molecule has 0 heterocycles. The van der Waals surface area contributed by atoms with E-state index in [0.29, 0.717) is 0 Å². The van der Waals surface area contributed by atoms with Crippen LogP contribution >= 0.6 is 0 Å². The molecule has 76 heavy (non-hydrogen) atoms. The molecule has 2 atom stereocenters. The molecule has 0 spiro atoms. The third kappa shape index (κ3) is 12.6. The first-order chi connectivity index (χ1) is 35.3. The van der Waals surface area contributed by atoms with E-state index in [1.807, 2.05) is 182 Å². The summed E-state index contributed by atoms with van der Waals surface area (Å²) in [5, 5.41) is 20.4. The number of carboxylic acids is 2. The number of benzene rings is 6. The molecular weight excluding hydrogens is 1050 g/mol. The Morgan fingerprint density at radius 3 is 0.829 bits per heavy atom. The van der Waals surface area contributed by atoms with E-state index in [-0.39, 0.29) is 68.2 Å². The maximum atomic E-state index is 12.4. The molecule has 2 unspecified atom stereocenters. The fraction of sp³-hybridized carbons (Fsp3) is 0.294. The second kappa shape index (κ2) is 29.1. The molecule has 6 aliphatic carbocycles. The molecule has 12 rings (SSSR count). The Morgan fingerprint density at radius 2 is 0.592 bits per heavy atom. The third-order valence-electron chi connectivity index (χ3n) is 16.3. The molecule has 0 bridgehead atoms. The van der Waals surface area contributed by atoms with Crippen molar-refractivity contribution in [1.82, 2.24) is 0 Å². The van der Waals surface area contributed by atoms with Crippen LogP contribution in [-0.2, 0) is 63.9 Å². The van der Waals surface area contributed by atoms with E-state index in [1.54, 1.807) is 44.6 Å². The van der Waals surface area contributed by atoms with Crippen molar-refractivity contribution in [2.75, 3.05) is 0 Å². The Labute approximate surface area is 495 Å². The van der Waals surface area contributed by atoms with Gasteiger partial charge in [-0.2, -0.15) is 11.1 Å². The zero-order valence-electron chi connectivity index (χ0n) is 44.0. The standard InChI is InChI=1S/2C20H16O2.2C14H19.2ClH.2Ti/c2*21-19(22)20(16-10-4-1-5-11-16,17-12-6-2-7-13-17)18-14-8-3-9-15-18;2*1-10-11-6-2-4-8-13(11)14-9-5-3-7-12(10)14;;;;/h2*1-15H,(H,21,22);2*6,10H,2-5,7-9H2,1H3;2*1H;;/q;;2*-1;;;;/p-2. The first-order valence-electron chi connectivity index (χ1n) is 26.6. The van der Waals surface area contributed by atoms with E-state index in [1.165, 1.54) is 89.9 Å². The third-order valence-corrected chi connectivity index (χ3v) is 16.3. The van der Waals surface area contributed by atoms with E-state index in [9.17, 15) is 19.8 Å². The van der Waals surface area contributed by atoms with E-state index in [4.69, 9.17) is 0 Å². The summed E-state index contributed by atoms with van der Waals surface area (Å²) in [5.74, 6) is -0.201. The van der Waals surface area contributed by atoms with E-state index < -0.39 is 22.8 Å². The molecule has 0 fully saturated rings. The van der Waals surface area contributed by atoms with Crippen molar-refractivity contribution in [3.8, 4) is 0 Å². The second-order valence-electron chi connectivity index (χ2n) is 20.2. The summed E-state index contributed by atoms with van der Waals surface area (Å²) in [6.45, 7) is 4.84. The summed E-state index contributed by atoms with van der Waals surface area (Å²) >= 11 is 0. The summed E-state index contributed by atoms with van der Waals surface area (Å²) in [6.07, 6.45) is 24.5. The van der Waals surface area contributed by atoms with Crippen molar-refractivity contribution in [2.45, 2.75) is 115 Å². The summed E-state index contributed by atoms with van der Waals surface area (Å²) in [7, 11) is 0. The molecule has 8 heteroatoms. The molecular formula is C68H70Cl2O4Ti2-4. The van der Waals surface area contributed by atoms with Crippen LogP contribution in [0.2, 0.25) is 0 Å². The van der Waals surface area contributed by atoms with E-state index in [0.717, 1.165) is 45.2 Å². The SMILES string of the molecule is CC1C2=C(CCC[CH-]2)C2=C1CCCC2.CC1C2=C(CCC[CH-]2)C2=C1CCCC2.O=C(O)C(c1ccccc1)(c1ccccc1)c1ccccc1.O=C(O)C(c1ccccc1)(c1ccccc1)c1ccccc1.[Cl-].[Cl-].[Ti].[Ti]. The largest absolute Gasteiger partial charge is 1.00 e. The van der Waals surface area contributed by atoms with Crippen molar-refractivity contribution < 1.29 is 88.1 Å². The second-order valence-corrected chi connectivity index (χ2v) is 20.2. The fourth-order valence-corrected chi connectivity index (χ4v) is 12.9. The minimum atomic E-state index is -1.20. The van der Waals surface area contributed by atoms with Crippen molar-refractivity contribution in [2.24, 2.45) is 11.8 Å². The Morgan fingerprint density at radius 1 is 0.368 bits per heavy atom. The van der Waals surface area contributed by atoms with Gasteiger partial charge in [0.1, 0.15) is 10.8 Å². The van der Waals surface area contributed by atoms with Crippen molar-refractivity contribution in [3.05, 3.63) is 273 Å². The van der Waals surface area contributed by atoms with Gasteiger partial charge in [0.15, 0.2) is 0 Å². The van der Waals surface area contributed by atoms with Crippen molar-refractivity contribution in [1.29, 1.82) is 0 Å². The van der Waals surface area contributed by atoms with Gasteiger partial charge in [-0.25, -0.2) is 24.0 Å². The van der Waals surface area contributed by atoms with Crippen LogP contribution in [0.15, 0.2) is 227 Å². The van der Waals surface area contributed by atoms with Crippen molar-refractivity contribution in [3.63, 3.8) is 0 Å². The molecule has 0 saturated carbocycles. The predicted molar refractivity (Wildman–Crippen MR) is 293 cm³/mol. The zero-order valence-corrected chi connectivity index (χ0v) is 48.6. The fourth-order valence-electron chi connectivity index (χ4n) is 12.9. The number of carboxylic acid groups (broad SMARTS) is 2. The molecule has 0 radical (unpaired) electrons. The summed E-state index contributed by atoms with van der Waals surface area (Å²) in [6, 6.07) is 56.3. The number of halogens is 2. The predicted octanol–water partition coefficient (Wildman–Crippen LogP) is 10.6. The maximum Gasteiger partial charge on any atom is 0.323 e. The molecule has 0 aromatic heterocycles. The number of hydrogen-bond donors (Lipinski definition) is 2. The van der Waals surface area contributed by atoms with Gasteiger partial charge in [-0.3, -0.25) is 9.59 Å². The number of aliphatic carboxylic acids is 2. The van der Waals surface area contributed by atoms with E-state index in [2.05, 4.69) is 26.7 Å². The van der Waals surface area contributed by atoms with Crippen LogP contribution in [0.4, 0.5) is 0 Å². The first kappa shape index (κ1) is 61.8. The molecule has 4 nitrogen and oxygen atoms in total. The molecule has 6 aliphatic rings. The van der Waals surface area contributed by atoms with Gasteiger partial charge in [0.2, 0.25) is 0 Å². The van der Waals surface area contributed by atoms with Crippen LogP contribution in [0.1, 0.15) is 137 Å². The van der Waals surface area contributed by atoms with Crippen LogP contribution in [-0.4, -0.2) is 22.2 Å². The Balaban J connectivity index is 0.000000187. The topological polar surface area (TPSA) is 74.6 Å². The maximum absolute atomic E-state index is 12.4. The van der Waals surface area contributed by atoms with Crippen molar-refractivity contribution >= 4 is 11.9 Å². The first-order valence-corrected chi connectivity index (χ1v) is 26.6. The molecule has 0 aliphatic heterocycles. The van der Waals surface area contributed by atoms with Crippen LogP contribution < -0.4 is 24.8 Å². The summed E-state index contributed by atoms with van der Waals surface area (Å²) in [5.41, 5.74) is 16.2. The minimum Gasteiger partial charge on any atom is -1.00 e. The van der Waals surface area contributed by atoms with Gasteiger partial charge in [0, 0.05) is 43.4 Å². The molecule has 0 saturated heterocycles.